The Morgan fingerprint density at radius 3 is 2.52 bits per heavy atom. The van der Waals surface area contributed by atoms with Crippen molar-refractivity contribution in [3.63, 3.8) is 0 Å². The van der Waals surface area contributed by atoms with Crippen LogP contribution in [0.15, 0.2) is 48.7 Å². The van der Waals surface area contributed by atoms with Crippen molar-refractivity contribution in [2.45, 2.75) is 6.18 Å². The van der Waals surface area contributed by atoms with E-state index >= 15 is 0 Å². The van der Waals surface area contributed by atoms with Crippen molar-refractivity contribution in [1.29, 1.82) is 0 Å². The number of anilines is 5. The predicted molar refractivity (Wildman–Crippen MR) is 122 cm³/mol. The summed E-state index contributed by atoms with van der Waals surface area (Å²) in [6, 6.07) is 10.9. The maximum absolute atomic E-state index is 13.6. The lowest BCUT2D eigenvalue weighted by atomic mass is 10.2. The summed E-state index contributed by atoms with van der Waals surface area (Å²) in [5, 5.41) is 14.7. The molecule has 174 valence electrons. The second kappa shape index (κ2) is 9.86. The van der Waals surface area contributed by atoms with Crippen molar-refractivity contribution in [2.24, 2.45) is 0 Å². The van der Waals surface area contributed by atoms with Crippen LogP contribution in [0.4, 0.5) is 42.0 Å². The van der Waals surface area contributed by atoms with Crippen LogP contribution in [0.2, 0.25) is 0 Å². The lowest BCUT2D eigenvalue weighted by Crippen LogP contribution is -2.14. The first-order valence-electron chi connectivity index (χ1n) is 9.40. The van der Waals surface area contributed by atoms with Crippen LogP contribution < -0.4 is 19.7 Å². The third kappa shape index (κ3) is 5.58. The van der Waals surface area contributed by atoms with Crippen molar-refractivity contribution in [3.8, 4) is 5.75 Å². The van der Waals surface area contributed by atoms with Gasteiger partial charge in [-0.3, -0.25) is 0 Å². The summed E-state index contributed by atoms with van der Waals surface area (Å²) in [6.07, 6.45) is -2.17. The maximum Gasteiger partial charge on any atom is 0.421 e. The number of hydrogen-bond donors (Lipinski definition) is 3. The summed E-state index contributed by atoms with van der Waals surface area (Å²) in [5.41, 5.74) is 0.325. The first-order chi connectivity index (χ1) is 15.6. The largest absolute Gasteiger partial charge is 0.495 e. The maximum atomic E-state index is 13.6. The fraction of sp³-hybridized carbons (Fsp3) is 0.190. The molecule has 8 nitrogen and oxygen atoms in total. The van der Waals surface area contributed by atoms with E-state index in [1.54, 1.807) is 35.6 Å². The highest BCUT2D eigenvalue weighted by atomic mass is 32.2. The Labute approximate surface area is 191 Å². The standard InChI is InChI=1S/C21H20F3N5O3S/c1-29(33-3)16-7-5-4-6-14(16)26-18-13(21(22,23)24)11-25-20(28-18)27-15-9-8-12(19(30)31)10-17(15)32-2/h4-11H,1-3H3,(H,30,31)(H2,25,26,27,28). The minimum atomic E-state index is -4.69. The molecule has 0 bridgehead atoms. The van der Waals surface area contributed by atoms with Crippen LogP contribution in [0.1, 0.15) is 15.9 Å². The molecule has 0 fully saturated rings. The number of benzene rings is 2. The molecule has 0 radical (unpaired) electrons. The van der Waals surface area contributed by atoms with Crippen molar-refractivity contribution < 1.29 is 27.8 Å². The van der Waals surface area contributed by atoms with E-state index in [0.29, 0.717) is 17.6 Å². The Morgan fingerprint density at radius 2 is 1.88 bits per heavy atom. The van der Waals surface area contributed by atoms with Gasteiger partial charge in [-0.05, 0) is 30.3 Å². The average molecular weight is 479 g/mol. The number of rotatable bonds is 8. The molecule has 1 aromatic heterocycles. The lowest BCUT2D eigenvalue weighted by Gasteiger charge is -2.21. The van der Waals surface area contributed by atoms with Crippen LogP contribution in [0.3, 0.4) is 0 Å². The van der Waals surface area contributed by atoms with Crippen molar-refractivity contribution in [3.05, 3.63) is 59.8 Å². The van der Waals surface area contributed by atoms with Gasteiger partial charge < -0.3 is 24.8 Å². The summed E-state index contributed by atoms with van der Waals surface area (Å²) in [4.78, 5) is 19.0. The smallest absolute Gasteiger partial charge is 0.421 e. The number of aromatic nitrogens is 2. The molecule has 0 aliphatic carbocycles. The Hall–Kier alpha value is -3.67. The summed E-state index contributed by atoms with van der Waals surface area (Å²) in [7, 11) is 3.13. The van der Waals surface area contributed by atoms with Gasteiger partial charge in [-0.25, -0.2) is 9.78 Å². The van der Waals surface area contributed by atoms with Crippen LogP contribution in [-0.4, -0.2) is 41.5 Å². The second-order valence-electron chi connectivity index (χ2n) is 6.62. The van der Waals surface area contributed by atoms with Gasteiger partial charge in [-0.2, -0.15) is 18.2 Å². The Bertz CT molecular complexity index is 1160. The van der Waals surface area contributed by atoms with Crippen LogP contribution >= 0.6 is 11.9 Å². The first-order valence-corrected chi connectivity index (χ1v) is 10.6. The lowest BCUT2D eigenvalue weighted by molar-refractivity contribution is -0.137. The summed E-state index contributed by atoms with van der Waals surface area (Å²) in [6.45, 7) is 0. The predicted octanol–water partition coefficient (Wildman–Crippen LogP) is 5.40. The molecule has 0 aliphatic rings. The molecule has 0 saturated heterocycles. The molecule has 3 aromatic rings. The Balaban J connectivity index is 2.01. The molecule has 0 atom stereocenters. The molecule has 0 aliphatic heterocycles. The van der Waals surface area contributed by atoms with E-state index < -0.39 is 23.5 Å². The van der Waals surface area contributed by atoms with Gasteiger partial charge in [0.15, 0.2) is 0 Å². The van der Waals surface area contributed by atoms with Crippen LogP contribution in [0.25, 0.3) is 0 Å². The number of carboxylic acid groups (broad SMARTS) is 1. The van der Waals surface area contributed by atoms with Crippen molar-refractivity contribution >= 4 is 46.7 Å². The zero-order valence-corrected chi connectivity index (χ0v) is 18.6. The van der Waals surface area contributed by atoms with Crippen molar-refractivity contribution in [2.75, 3.05) is 35.4 Å². The minimum Gasteiger partial charge on any atom is -0.495 e. The number of nitrogens with zero attached hydrogens (tertiary/aromatic N) is 3. The third-order valence-electron chi connectivity index (χ3n) is 4.56. The summed E-state index contributed by atoms with van der Waals surface area (Å²) in [5.74, 6) is -1.56. The second-order valence-corrected chi connectivity index (χ2v) is 7.53. The molecule has 2 aromatic carbocycles. The van der Waals surface area contributed by atoms with Gasteiger partial charge in [0.1, 0.15) is 17.1 Å². The van der Waals surface area contributed by atoms with E-state index in [-0.39, 0.29) is 22.9 Å². The van der Waals surface area contributed by atoms with E-state index in [1.165, 1.54) is 37.3 Å². The molecule has 0 unspecified atom stereocenters. The van der Waals surface area contributed by atoms with E-state index in [9.17, 15) is 18.0 Å². The van der Waals surface area contributed by atoms with Gasteiger partial charge >= 0.3 is 12.1 Å². The number of para-hydroxylation sites is 2. The third-order valence-corrected chi connectivity index (χ3v) is 5.30. The minimum absolute atomic E-state index is 0.0115. The fourth-order valence-electron chi connectivity index (χ4n) is 2.87. The van der Waals surface area contributed by atoms with Gasteiger partial charge in [0, 0.05) is 19.5 Å². The molecule has 12 heteroatoms. The number of nitrogens with one attached hydrogen (secondary N) is 2. The van der Waals surface area contributed by atoms with Gasteiger partial charge in [-0.1, -0.05) is 24.1 Å². The highest BCUT2D eigenvalue weighted by molar-refractivity contribution is 7.99. The van der Waals surface area contributed by atoms with Crippen LogP contribution in [0, 0.1) is 0 Å². The molecule has 3 rings (SSSR count). The van der Waals surface area contributed by atoms with Gasteiger partial charge in [0.25, 0.3) is 0 Å². The van der Waals surface area contributed by atoms with Crippen molar-refractivity contribution in [1.82, 2.24) is 9.97 Å². The normalized spacial score (nSPS) is 11.1. The highest BCUT2D eigenvalue weighted by Gasteiger charge is 2.35. The van der Waals surface area contributed by atoms with E-state index in [2.05, 4.69) is 20.6 Å². The molecule has 0 amide bonds. The quantitative estimate of drug-likeness (QED) is 0.367. The number of methoxy groups -OCH3 is 1. The first kappa shape index (κ1) is 24.0. The monoisotopic (exact) mass is 479 g/mol. The number of aromatic carboxylic acids is 1. The van der Waals surface area contributed by atoms with Gasteiger partial charge in [-0.15, -0.1) is 0 Å². The number of hydrogen-bond acceptors (Lipinski definition) is 8. The van der Waals surface area contributed by atoms with Gasteiger partial charge in [0.05, 0.1) is 29.7 Å². The Kier molecular flexibility index (Phi) is 7.16. The average Bonchev–Trinajstić information content (AvgIpc) is 2.78. The zero-order valence-electron chi connectivity index (χ0n) is 17.8. The van der Waals surface area contributed by atoms with Crippen LogP contribution in [-0.2, 0) is 6.18 Å². The van der Waals surface area contributed by atoms with Gasteiger partial charge in [0.2, 0.25) is 5.95 Å². The SMILES string of the molecule is COc1cc(C(=O)O)ccc1Nc1ncc(C(F)(F)F)c(Nc2ccccc2N(C)SC)n1. The Morgan fingerprint density at radius 1 is 1.15 bits per heavy atom. The van der Waals surface area contributed by atoms with E-state index in [1.807, 2.05) is 6.26 Å². The van der Waals surface area contributed by atoms with E-state index in [4.69, 9.17) is 9.84 Å². The zero-order chi connectivity index (χ0) is 24.2. The molecule has 3 N–H and O–H groups in total. The topological polar surface area (TPSA) is 99.6 Å². The number of ether oxygens (including phenoxy) is 1. The molecular weight excluding hydrogens is 459 g/mol. The molecule has 0 spiro atoms. The van der Waals surface area contributed by atoms with Crippen LogP contribution in [0.5, 0.6) is 5.75 Å². The highest BCUT2D eigenvalue weighted by Crippen LogP contribution is 2.38. The molecule has 33 heavy (non-hydrogen) atoms. The number of carbonyl (C=O) groups is 1. The summed E-state index contributed by atoms with van der Waals surface area (Å²) < 4.78 is 47.9. The van der Waals surface area contributed by atoms with E-state index in [0.717, 1.165) is 0 Å². The number of alkyl halides is 3. The number of halogens is 3. The molecule has 0 saturated carbocycles. The molecule has 1 heterocycles. The fourth-order valence-corrected chi connectivity index (χ4v) is 3.23. The number of carboxylic acids is 1. The molecular formula is C21H20F3N5O3S. The summed E-state index contributed by atoms with van der Waals surface area (Å²) >= 11 is 1.39.